The molecule has 80 valence electrons. The number of hydrogen-bond acceptors (Lipinski definition) is 2. The second-order valence-corrected chi connectivity index (χ2v) is 4.82. The predicted octanol–water partition coefficient (Wildman–Crippen LogP) is 2.33. The van der Waals surface area contributed by atoms with Crippen LogP contribution in [0.25, 0.3) is 0 Å². The van der Waals surface area contributed by atoms with E-state index in [-0.39, 0.29) is 5.91 Å². The summed E-state index contributed by atoms with van der Waals surface area (Å²) < 4.78 is 0.709. The van der Waals surface area contributed by atoms with E-state index in [0.717, 1.165) is 19.5 Å². The lowest BCUT2D eigenvalue weighted by molar-refractivity contribution is 0.0788. The van der Waals surface area contributed by atoms with E-state index >= 15 is 0 Å². The molecule has 1 atom stereocenters. The fourth-order valence-corrected chi connectivity index (χ4v) is 2.20. The van der Waals surface area contributed by atoms with Crippen molar-refractivity contribution in [1.29, 1.82) is 0 Å². The Balaban J connectivity index is 2.14. The monoisotopic (exact) mass is 268 g/mol. The van der Waals surface area contributed by atoms with Crippen LogP contribution in [0.3, 0.4) is 0 Å². The minimum atomic E-state index is 0.113. The zero-order chi connectivity index (χ0) is 10.8. The van der Waals surface area contributed by atoms with Gasteiger partial charge in [0, 0.05) is 24.8 Å². The van der Waals surface area contributed by atoms with E-state index < -0.39 is 0 Å². The van der Waals surface area contributed by atoms with Gasteiger partial charge in [-0.3, -0.25) is 4.79 Å². The van der Waals surface area contributed by atoms with Crippen molar-refractivity contribution >= 4 is 21.8 Å². The van der Waals surface area contributed by atoms with Gasteiger partial charge in [-0.15, -0.1) is 0 Å². The average molecular weight is 269 g/mol. The van der Waals surface area contributed by atoms with E-state index in [1.165, 1.54) is 0 Å². The molecule has 2 heterocycles. The molecule has 0 aliphatic carbocycles. The fraction of sp³-hybridized carbons (Fsp3) is 0.455. The van der Waals surface area contributed by atoms with Crippen LogP contribution in [-0.2, 0) is 0 Å². The van der Waals surface area contributed by atoms with Gasteiger partial charge in [0.2, 0.25) is 0 Å². The predicted molar refractivity (Wildman–Crippen MR) is 61.6 cm³/mol. The Bertz CT molecular complexity index is 381. The van der Waals surface area contributed by atoms with Gasteiger partial charge in [0.05, 0.1) is 0 Å². The number of pyridine rings is 1. The van der Waals surface area contributed by atoms with Crippen molar-refractivity contribution in [2.24, 2.45) is 5.92 Å². The van der Waals surface area contributed by atoms with E-state index in [1.807, 2.05) is 4.90 Å². The maximum atomic E-state index is 12.0. The fourth-order valence-electron chi connectivity index (χ4n) is 1.84. The molecule has 3 nitrogen and oxygen atoms in total. The minimum Gasteiger partial charge on any atom is -0.338 e. The zero-order valence-corrected chi connectivity index (χ0v) is 10.2. The molecular formula is C11H13BrN2O. The zero-order valence-electron chi connectivity index (χ0n) is 8.61. The number of amides is 1. The van der Waals surface area contributed by atoms with Gasteiger partial charge in [0.15, 0.2) is 0 Å². The molecule has 1 aliphatic heterocycles. The molecule has 0 spiro atoms. The van der Waals surface area contributed by atoms with Crippen LogP contribution >= 0.6 is 15.9 Å². The Morgan fingerprint density at radius 3 is 3.07 bits per heavy atom. The molecule has 15 heavy (non-hydrogen) atoms. The Labute approximate surface area is 97.6 Å². The van der Waals surface area contributed by atoms with Crippen molar-refractivity contribution in [1.82, 2.24) is 9.88 Å². The van der Waals surface area contributed by atoms with Crippen LogP contribution in [0, 0.1) is 5.92 Å². The van der Waals surface area contributed by atoms with E-state index in [9.17, 15) is 4.79 Å². The van der Waals surface area contributed by atoms with Crippen molar-refractivity contribution in [3.8, 4) is 0 Å². The SMILES string of the molecule is CC1CCN(C(=O)c2ccnc(Br)c2)C1. The lowest BCUT2D eigenvalue weighted by Crippen LogP contribution is -2.28. The average Bonchev–Trinajstić information content (AvgIpc) is 2.64. The summed E-state index contributed by atoms with van der Waals surface area (Å²) in [6.45, 7) is 3.93. The summed E-state index contributed by atoms with van der Waals surface area (Å²) >= 11 is 3.27. The largest absolute Gasteiger partial charge is 0.338 e. The summed E-state index contributed by atoms with van der Waals surface area (Å²) in [5.74, 6) is 0.738. The molecule has 2 rings (SSSR count). The second kappa shape index (κ2) is 4.31. The van der Waals surface area contributed by atoms with Crippen molar-refractivity contribution in [3.63, 3.8) is 0 Å². The number of halogens is 1. The number of likely N-dealkylation sites (tertiary alicyclic amines) is 1. The minimum absolute atomic E-state index is 0.113. The van der Waals surface area contributed by atoms with Gasteiger partial charge in [0.1, 0.15) is 4.60 Å². The normalized spacial score (nSPS) is 20.7. The Morgan fingerprint density at radius 2 is 2.47 bits per heavy atom. The number of aromatic nitrogens is 1. The van der Waals surface area contributed by atoms with Crippen molar-refractivity contribution in [3.05, 3.63) is 28.5 Å². The van der Waals surface area contributed by atoms with Gasteiger partial charge in [-0.05, 0) is 40.4 Å². The second-order valence-electron chi connectivity index (χ2n) is 4.01. The van der Waals surface area contributed by atoms with Crippen molar-refractivity contribution < 1.29 is 4.79 Å². The van der Waals surface area contributed by atoms with Crippen LogP contribution < -0.4 is 0 Å². The highest BCUT2D eigenvalue weighted by molar-refractivity contribution is 9.10. The maximum Gasteiger partial charge on any atom is 0.254 e. The molecule has 4 heteroatoms. The smallest absolute Gasteiger partial charge is 0.254 e. The third-order valence-corrected chi connectivity index (χ3v) is 3.12. The summed E-state index contributed by atoms with van der Waals surface area (Å²) in [6, 6.07) is 3.53. The van der Waals surface area contributed by atoms with Crippen LogP contribution in [0.2, 0.25) is 0 Å². The van der Waals surface area contributed by atoms with Gasteiger partial charge < -0.3 is 4.90 Å². The van der Waals surface area contributed by atoms with Crippen molar-refractivity contribution in [2.45, 2.75) is 13.3 Å². The summed E-state index contributed by atoms with van der Waals surface area (Å²) in [5, 5.41) is 0. The Hall–Kier alpha value is -0.900. The van der Waals surface area contributed by atoms with E-state index in [2.05, 4.69) is 27.8 Å². The highest BCUT2D eigenvalue weighted by Crippen LogP contribution is 2.18. The van der Waals surface area contributed by atoms with Gasteiger partial charge in [-0.1, -0.05) is 6.92 Å². The lowest BCUT2D eigenvalue weighted by atomic mass is 10.2. The van der Waals surface area contributed by atoms with Gasteiger partial charge in [-0.25, -0.2) is 4.98 Å². The van der Waals surface area contributed by atoms with Crippen LogP contribution in [0.1, 0.15) is 23.7 Å². The third kappa shape index (κ3) is 2.37. The molecule has 1 unspecified atom stereocenters. The molecule has 0 radical (unpaired) electrons. The van der Waals surface area contributed by atoms with Crippen LogP contribution in [-0.4, -0.2) is 28.9 Å². The first-order valence-electron chi connectivity index (χ1n) is 5.07. The van der Waals surface area contributed by atoms with Crippen LogP contribution in [0.5, 0.6) is 0 Å². The van der Waals surface area contributed by atoms with Gasteiger partial charge in [-0.2, -0.15) is 0 Å². The molecule has 1 aromatic rings. The standard InChI is InChI=1S/C11H13BrN2O/c1-8-3-5-14(7-8)11(15)9-2-4-13-10(12)6-9/h2,4,6,8H,3,5,7H2,1H3. The molecule has 0 saturated carbocycles. The first-order valence-corrected chi connectivity index (χ1v) is 5.87. The molecule has 0 aromatic carbocycles. The van der Waals surface area contributed by atoms with Crippen LogP contribution in [0.4, 0.5) is 0 Å². The maximum absolute atomic E-state index is 12.0. The lowest BCUT2D eigenvalue weighted by Gasteiger charge is -2.15. The Kier molecular flexibility index (Phi) is 3.05. The highest BCUT2D eigenvalue weighted by Gasteiger charge is 2.24. The molecule has 1 saturated heterocycles. The molecule has 1 aliphatic rings. The molecule has 0 N–H and O–H groups in total. The first-order chi connectivity index (χ1) is 7.16. The van der Waals surface area contributed by atoms with E-state index in [1.54, 1.807) is 18.3 Å². The number of carbonyl (C=O) groups excluding carboxylic acids is 1. The number of nitrogens with zero attached hydrogens (tertiary/aromatic N) is 2. The molecule has 1 aromatic heterocycles. The third-order valence-electron chi connectivity index (χ3n) is 2.68. The van der Waals surface area contributed by atoms with Crippen molar-refractivity contribution in [2.75, 3.05) is 13.1 Å². The van der Waals surface area contributed by atoms with Gasteiger partial charge in [0.25, 0.3) is 5.91 Å². The highest BCUT2D eigenvalue weighted by atomic mass is 79.9. The topological polar surface area (TPSA) is 33.2 Å². The first kappa shape index (κ1) is 10.6. The number of carbonyl (C=O) groups is 1. The van der Waals surface area contributed by atoms with Crippen LogP contribution in [0.15, 0.2) is 22.9 Å². The Morgan fingerprint density at radius 1 is 1.67 bits per heavy atom. The molecule has 1 fully saturated rings. The summed E-state index contributed by atoms with van der Waals surface area (Å²) in [7, 11) is 0. The molecular weight excluding hydrogens is 256 g/mol. The summed E-state index contributed by atoms with van der Waals surface area (Å²) in [4.78, 5) is 17.9. The molecule has 0 bridgehead atoms. The van der Waals surface area contributed by atoms with E-state index in [0.29, 0.717) is 16.1 Å². The quantitative estimate of drug-likeness (QED) is 0.733. The molecule has 1 amide bonds. The number of hydrogen-bond donors (Lipinski definition) is 0. The van der Waals surface area contributed by atoms with Gasteiger partial charge >= 0.3 is 0 Å². The summed E-state index contributed by atoms with van der Waals surface area (Å²) in [6.07, 6.45) is 2.76. The summed E-state index contributed by atoms with van der Waals surface area (Å²) in [5.41, 5.74) is 0.714. The number of rotatable bonds is 1. The van der Waals surface area contributed by atoms with E-state index in [4.69, 9.17) is 0 Å².